The van der Waals surface area contributed by atoms with Crippen LogP contribution >= 0.6 is 0 Å². The minimum absolute atomic E-state index is 0.0393. The number of rotatable bonds is 6. The van der Waals surface area contributed by atoms with Gasteiger partial charge in [-0.2, -0.15) is 0 Å². The number of ether oxygens (including phenoxy) is 2. The summed E-state index contributed by atoms with van der Waals surface area (Å²) in [5.41, 5.74) is 1.22. The molecule has 1 amide bonds. The molecule has 7 nitrogen and oxygen atoms in total. The Balaban J connectivity index is 1.94. The number of benzene rings is 3. The first-order chi connectivity index (χ1) is 16.0. The van der Waals surface area contributed by atoms with E-state index in [0.717, 1.165) is 0 Å². The molecule has 1 fully saturated rings. The zero-order valence-corrected chi connectivity index (χ0v) is 18.2. The molecule has 3 aromatic carbocycles. The van der Waals surface area contributed by atoms with E-state index >= 15 is 0 Å². The van der Waals surface area contributed by atoms with E-state index < -0.39 is 17.7 Å². The van der Waals surface area contributed by atoms with E-state index in [1.807, 2.05) is 6.92 Å². The minimum atomic E-state index is -0.933. The Morgan fingerprint density at radius 2 is 1.73 bits per heavy atom. The fraction of sp³-hybridized carbons (Fsp3) is 0.154. The maximum atomic E-state index is 13.2. The number of aliphatic hydroxyl groups excluding tert-OH is 1. The van der Waals surface area contributed by atoms with Gasteiger partial charge in [0.2, 0.25) is 0 Å². The number of aliphatic hydroxyl groups is 1. The molecule has 1 heterocycles. The number of para-hydroxylation sites is 2. The predicted octanol–water partition coefficient (Wildman–Crippen LogP) is 4.43. The van der Waals surface area contributed by atoms with Crippen molar-refractivity contribution in [1.82, 2.24) is 0 Å². The lowest BCUT2D eigenvalue weighted by Gasteiger charge is -2.26. The van der Waals surface area contributed by atoms with Crippen LogP contribution in [0.3, 0.4) is 0 Å². The monoisotopic (exact) mass is 445 g/mol. The van der Waals surface area contributed by atoms with Crippen LogP contribution in [-0.2, 0) is 9.59 Å². The summed E-state index contributed by atoms with van der Waals surface area (Å²) < 4.78 is 10.9. The molecule has 1 unspecified atom stereocenters. The fourth-order valence-corrected chi connectivity index (χ4v) is 3.94. The van der Waals surface area contributed by atoms with Crippen molar-refractivity contribution in [3.8, 4) is 17.2 Å². The van der Waals surface area contributed by atoms with E-state index in [9.17, 15) is 19.8 Å². The van der Waals surface area contributed by atoms with Crippen molar-refractivity contribution in [1.29, 1.82) is 0 Å². The highest BCUT2D eigenvalue weighted by Crippen LogP contribution is 2.45. The van der Waals surface area contributed by atoms with Crippen molar-refractivity contribution in [2.45, 2.75) is 13.0 Å². The lowest BCUT2D eigenvalue weighted by atomic mass is 9.95. The van der Waals surface area contributed by atoms with Crippen molar-refractivity contribution >= 4 is 23.1 Å². The normalized spacial score (nSPS) is 17.3. The maximum Gasteiger partial charge on any atom is 0.300 e. The third-order valence-corrected chi connectivity index (χ3v) is 5.42. The minimum Gasteiger partial charge on any atom is -0.508 e. The third kappa shape index (κ3) is 4.01. The number of phenolic OH excluding ortho intramolecular Hbond substituents is 1. The topological polar surface area (TPSA) is 96.3 Å². The van der Waals surface area contributed by atoms with Gasteiger partial charge in [0, 0.05) is 5.56 Å². The number of phenols is 1. The highest BCUT2D eigenvalue weighted by Gasteiger charge is 2.47. The molecule has 0 saturated carbocycles. The van der Waals surface area contributed by atoms with Crippen LogP contribution in [0.2, 0.25) is 0 Å². The molecular weight excluding hydrogens is 422 g/mol. The molecule has 4 rings (SSSR count). The number of hydrogen-bond donors (Lipinski definition) is 2. The first kappa shape index (κ1) is 22.0. The standard InChI is InChI=1S/C26H23NO6/c1-3-33-19-8-6-7-17(15-19)24(29)22-23(16-11-13-18(28)14-12-16)27(26(31)25(22)30)20-9-4-5-10-21(20)32-2/h4-15,23,28-29H,3H2,1-2H3/b24-22-. The number of anilines is 1. The molecule has 1 aliphatic heterocycles. The number of nitrogens with zero attached hydrogens (tertiary/aromatic N) is 1. The van der Waals surface area contributed by atoms with Crippen LogP contribution in [0, 0.1) is 0 Å². The smallest absolute Gasteiger partial charge is 0.300 e. The van der Waals surface area contributed by atoms with Crippen LogP contribution in [0.4, 0.5) is 5.69 Å². The number of carbonyl (C=O) groups excluding carboxylic acids is 2. The summed E-state index contributed by atoms with van der Waals surface area (Å²) in [7, 11) is 1.48. The quantitative estimate of drug-likeness (QED) is 0.331. The molecule has 3 aromatic rings. The van der Waals surface area contributed by atoms with Gasteiger partial charge in [-0.05, 0) is 48.9 Å². The Morgan fingerprint density at radius 1 is 1.00 bits per heavy atom. The number of methoxy groups -OCH3 is 1. The van der Waals surface area contributed by atoms with E-state index in [0.29, 0.717) is 34.9 Å². The van der Waals surface area contributed by atoms with E-state index in [1.165, 1.54) is 24.1 Å². The molecule has 2 N–H and O–H groups in total. The first-order valence-electron chi connectivity index (χ1n) is 10.4. The second-order valence-corrected chi connectivity index (χ2v) is 7.39. The van der Waals surface area contributed by atoms with E-state index in [4.69, 9.17) is 9.47 Å². The van der Waals surface area contributed by atoms with Crippen molar-refractivity contribution in [2.24, 2.45) is 0 Å². The number of aromatic hydroxyl groups is 1. The second-order valence-electron chi connectivity index (χ2n) is 7.39. The van der Waals surface area contributed by atoms with Crippen molar-refractivity contribution < 1.29 is 29.3 Å². The highest BCUT2D eigenvalue weighted by atomic mass is 16.5. The summed E-state index contributed by atoms with van der Waals surface area (Å²) in [6, 6.07) is 18.8. The Morgan fingerprint density at radius 3 is 2.42 bits per heavy atom. The Labute approximate surface area is 191 Å². The first-order valence-corrected chi connectivity index (χ1v) is 10.4. The largest absolute Gasteiger partial charge is 0.508 e. The molecule has 0 spiro atoms. The van der Waals surface area contributed by atoms with E-state index in [-0.39, 0.29) is 17.1 Å². The van der Waals surface area contributed by atoms with Gasteiger partial charge in [0.25, 0.3) is 11.7 Å². The number of ketones is 1. The van der Waals surface area contributed by atoms with Gasteiger partial charge in [-0.25, -0.2) is 0 Å². The van der Waals surface area contributed by atoms with Gasteiger partial charge < -0.3 is 19.7 Å². The predicted molar refractivity (Wildman–Crippen MR) is 123 cm³/mol. The highest BCUT2D eigenvalue weighted by molar-refractivity contribution is 6.51. The average molecular weight is 445 g/mol. The molecule has 33 heavy (non-hydrogen) atoms. The Hall–Kier alpha value is -4.26. The van der Waals surface area contributed by atoms with Gasteiger partial charge in [0.1, 0.15) is 23.0 Å². The summed E-state index contributed by atoms with van der Waals surface area (Å²) in [4.78, 5) is 27.8. The summed E-state index contributed by atoms with van der Waals surface area (Å²) in [5.74, 6) is -0.954. The molecule has 1 aliphatic rings. The van der Waals surface area contributed by atoms with Crippen LogP contribution in [0.5, 0.6) is 17.2 Å². The van der Waals surface area contributed by atoms with Crippen molar-refractivity contribution in [2.75, 3.05) is 18.6 Å². The SMILES string of the molecule is CCOc1cccc(/C(O)=C2/C(=O)C(=O)N(c3ccccc3OC)C2c2ccc(O)cc2)c1. The Kier molecular flexibility index (Phi) is 6.04. The number of Topliss-reactive ketones (excluding diaryl/α,β-unsaturated/α-hetero) is 1. The number of carbonyl (C=O) groups is 2. The van der Waals surface area contributed by atoms with Crippen molar-refractivity contribution in [3.05, 3.63) is 89.5 Å². The van der Waals surface area contributed by atoms with Gasteiger partial charge in [-0.15, -0.1) is 0 Å². The molecule has 0 aliphatic carbocycles. The van der Waals surface area contributed by atoms with Gasteiger partial charge in [0.05, 0.1) is 31.0 Å². The molecule has 1 saturated heterocycles. The molecule has 0 radical (unpaired) electrons. The van der Waals surface area contributed by atoms with Gasteiger partial charge >= 0.3 is 0 Å². The molecule has 0 bridgehead atoms. The Bertz CT molecular complexity index is 1230. The molecule has 168 valence electrons. The van der Waals surface area contributed by atoms with Crippen LogP contribution in [0.1, 0.15) is 24.1 Å². The zero-order valence-electron chi connectivity index (χ0n) is 18.2. The number of hydrogen-bond acceptors (Lipinski definition) is 6. The van der Waals surface area contributed by atoms with Gasteiger partial charge in [0.15, 0.2) is 0 Å². The third-order valence-electron chi connectivity index (χ3n) is 5.42. The summed E-state index contributed by atoms with van der Waals surface area (Å²) >= 11 is 0. The van der Waals surface area contributed by atoms with E-state index in [1.54, 1.807) is 60.7 Å². The molecular formula is C26H23NO6. The van der Waals surface area contributed by atoms with Crippen LogP contribution in [0.15, 0.2) is 78.4 Å². The summed E-state index contributed by atoms with van der Waals surface area (Å²) in [6.45, 7) is 2.28. The lowest BCUT2D eigenvalue weighted by Crippen LogP contribution is -2.29. The fourth-order valence-electron chi connectivity index (χ4n) is 3.94. The van der Waals surface area contributed by atoms with Gasteiger partial charge in [-0.3, -0.25) is 14.5 Å². The van der Waals surface area contributed by atoms with Gasteiger partial charge in [-0.1, -0.05) is 36.4 Å². The molecule has 1 atom stereocenters. The average Bonchev–Trinajstić information content (AvgIpc) is 3.09. The van der Waals surface area contributed by atoms with Crippen molar-refractivity contribution in [3.63, 3.8) is 0 Å². The van der Waals surface area contributed by atoms with Crippen LogP contribution in [0.25, 0.3) is 5.76 Å². The summed E-state index contributed by atoms with van der Waals surface area (Å²) in [6.07, 6.45) is 0. The zero-order chi connectivity index (χ0) is 23.5. The molecule has 7 heteroatoms. The van der Waals surface area contributed by atoms with Crippen LogP contribution in [-0.4, -0.2) is 35.6 Å². The second kappa shape index (κ2) is 9.08. The van der Waals surface area contributed by atoms with E-state index in [2.05, 4.69) is 0 Å². The number of amides is 1. The molecule has 0 aromatic heterocycles. The summed E-state index contributed by atoms with van der Waals surface area (Å²) in [5, 5.41) is 21.0. The van der Waals surface area contributed by atoms with Crippen LogP contribution < -0.4 is 14.4 Å². The lowest BCUT2D eigenvalue weighted by molar-refractivity contribution is -0.132. The maximum absolute atomic E-state index is 13.2.